The van der Waals surface area contributed by atoms with E-state index < -0.39 is 0 Å². The van der Waals surface area contributed by atoms with Gasteiger partial charge in [-0.2, -0.15) is 0 Å². The molecule has 0 aromatic heterocycles. The fourth-order valence-electron chi connectivity index (χ4n) is 4.38. The van der Waals surface area contributed by atoms with E-state index in [2.05, 4.69) is 58.7 Å². The number of nitrogens with two attached hydrogens (primary N) is 1. The molecule has 1 aliphatic carbocycles. The molecule has 0 bridgehead atoms. The summed E-state index contributed by atoms with van der Waals surface area (Å²) in [5.41, 5.74) is 11.3. The quantitative estimate of drug-likeness (QED) is 0.827. The van der Waals surface area contributed by atoms with E-state index in [0.29, 0.717) is 18.9 Å². The van der Waals surface area contributed by atoms with Crippen LogP contribution in [0.25, 0.3) is 0 Å². The van der Waals surface area contributed by atoms with E-state index in [9.17, 15) is 4.79 Å². The first-order chi connectivity index (χ1) is 13.2. The summed E-state index contributed by atoms with van der Waals surface area (Å²) in [7, 11) is 0. The number of nitrogens with one attached hydrogen (secondary N) is 1. The van der Waals surface area contributed by atoms with Gasteiger partial charge in [-0.3, -0.25) is 4.79 Å². The molecular weight excluding hydrogens is 334 g/mol. The Labute approximate surface area is 161 Å². The largest absolute Gasteiger partial charge is 0.367 e. The van der Waals surface area contributed by atoms with Crippen molar-refractivity contribution in [2.24, 2.45) is 11.7 Å². The maximum absolute atomic E-state index is 12.2. The highest BCUT2D eigenvalue weighted by atomic mass is 16.1. The molecule has 2 atom stereocenters. The molecule has 2 aromatic carbocycles. The van der Waals surface area contributed by atoms with Gasteiger partial charge in [0.25, 0.3) is 0 Å². The molecule has 0 radical (unpaired) electrons. The number of hydrogen-bond donors (Lipinski definition) is 2. The van der Waals surface area contributed by atoms with Crippen molar-refractivity contribution in [3.63, 3.8) is 0 Å². The summed E-state index contributed by atoms with van der Waals surface area (Å²) >= 11 is 0. The van der Waals surface area contributed by atoms with Crippen LogP contribution in [0.4, 0.5) is 5.69 Å². The molecule has 1 saturated carbocycles. The Morgan fingerprint density at radius 1 is 1.07 bits per heavy atom. The maximum atomic E-state index is 12.2. The third-order valence-corrected chi connectivity index (χ3v) is 6.03. The predicted octanol–water partition coefficient (Wildman–Crippen LogP) is 3.38. The molecule has 1 amide bonds. The number of rotatable bonds is 6. The monoisotopic (exact) mass is 363 g/mol. The highest BCUT2D eigenvalue weighted by molar-refractivity contribution is 5.76. The normalized spacial score (nSPS) is 21.3. The first-order valence-electron chi connectivity index (χ1n) is 10.1. The van der Waals surface area contributed by atoms with Gasteiger partial charge in [-0.15, -0.1) is 0 Å². The number of carbonyl (C=O) groups excluding carboxylic acids is 1. The molecule has 4 heteroatoms. The molecule has 0 spiro atoms. The minimum atomic E-state index is 0.120. The molecule has 1 heterocycles. The van der Waals surface area contributed by atoms with E-state index in [4.69, 9.17) is 5.73 Å². The Hall–Kier alpha value is -2.33. The number of hydrogen-bond acceptors (Lipinski definition) is 3. The number of fused-ring (bicyclic) bond motifs is 1. The van der Waals surface area contributed by atoms with Gasteiger partial charge in [0.15, 0.2) is 0 Å². The summed E-state index contributed by atoms with van der Waals surface area (Å²) in [4.78, 5) is 14.6. The molecule has 2 aromatic rings. The zero-order valence-electron chi connectivity index (χ0n) is 15.9. The van der Waals surface area contributed by atoms with Crippen LogP contribution in [0.15, 0.2) is 48.5 Å². The van der Waals surface area contributed by atoms with Crippen molar-refractivity contribution in [1.82, 2.24) is 5.32 Å². The number of benzene rings is 2. The smallest absolute Gasteiger partial charge is 0.220 e. The molecule has 1 fully saturated rings. The molecular formula is C23H29N3O. The minimum Gasteiger partial charge on any atom is -0.367 e. The summed E-state index contributed by atoms with van der Waals surface area (Å²) in [6, 6.07) is 17.5. The molecule has 3 N–H and O–H groups in total. The van der Waals surface area contributed by atoms with Gasteiger partial charge in [-0.25, -0.2) is 0 Å². The Morgan fingerprint density at radius 3 is 2.63 bits per heavy atom. The fraction of sp³-hybridized carbons (Fsp3) is 0.435. The highest BCUT2D eigenvalue weighted by Crippen LogP contribution is 2.29. The van der Waals surface area contributed by atoms with Crippen molar-refractivity contribution in [3.05, 3.63) is 65.2 Å². The van der Waals surface area contributed by atoms with Crippen molar-refractivity contribution in [3.8, 4) is 0 Å². The zero-order chi connectivity index (χ0) is 18.6. The lowest BCUT2D eigenvalue weighted by molar-refractivity contribution is -0.122. The molecule has 2 aliphatic rings. The number of para-hydroxylation sites is 1. The van der Waals surface area contributed by atoms with E-state index in [1.807, 2.05) is 0 Å². The van der Waals surface area contributed by atoms with Crippen LogP contribution in [0.3, 0.4) is 0 Å². The second-order valence-electron chi connectivity index (χ2n) is 7.95. The Bertz CT molecular complexity index is 786. The van der Waals surface area contributed by atoms with Gasteiger partial charge in [0.05, 0.1) is 0 Å². The van der Waals surface area contributed by atoms with E-state index >= 15 is 0 Å². The number of carbonyl (C=O) groups is 1. The molecule has 27 heavy (non-hydrogen) atoms. The third kappa shape index (κ3) is 4.33. The van der Waals surface area contributed by atoms with Crippen molar-refractivity contribution in [2.75, 3.05) is 11.4 Å². The topological polar surface area (TPSA) is 58.4 Å². The van der Waals surface area contributed by atoms with Crippen LogP contribution in [0.1, 0.15) is 42.4 Å². The van der Waals surface area contributed by atoms with E-state index in [1.165, 1.54) is 16.8 Å². The summed E-state index contributed by atoms with van der Waals surface area (Å²) < 4.78 is 0. The van der Waals surface area contributed by atoms with Crippen molar-refractivity contribution < 1.29 is 4.79 Å². The second-order valence-corrected chi connectivity index (χ2v) is 7.95. The van der Waals surface area contributed by atoms with E-state index in [0.717, 1.165) is 44.3 Å². The minimum absolute atomic E-state index is 0.120. The molecule has 0 saturated heterocycles. The van der Waals surface area contributed by atoms with Gasteiger partial charge in [-0.1, -0.05) is 48.9 Å². The average Bonchev–Trinajstić information content (AvgIpc) is 3.28. The van der Waals surface area contributed by atoms with Gasteiger partial charge < -0.3 is 16.0 Å². The Kier molecular flexibility index (Phi) is 5.44. The van der Waals surface area contributed by atoms with Crippen molar-refractivity contribution in [2.45, 2.75) is 51.2 Å². The van der Waals surface area contributed by atoms with Gasteiger partial charge in [0, 0.05) is 37.8 Å². The molecule has 1 aliphatic heterocycles. The van der Waals surface area contributed by atoms with Crippen LogP contribution in [0.5, 0.6) is 0 Å². The average molecular weight is 364 g/mol. The Morgan fingerprint density at radius 2 is 1.85 bits per heavy atom. The van der Waals surface area contributed by atoms with Gasteiger partial charge in [0.2, 0.25) is 5.91 Å². The summed E-state index contributed by atoms with van der Waals surface area (Å²) in [5, 5.41) is 3.05. The molecule has 4 nitrogen and oxygen atoms in total. The Balaban J connectivity index is 1.27. The van der Waals surface area contributed by atoms with Crippen LogP contribution in [0, 0.1) is 5.92 Å². The standard InChI is InChI=1S/C23H29N3O/c24-21-6-3-5-20(21)14-23(27)25-15-17-8-10-18(11-9-17)16-26-13-12-19-4-1-2-7-22(19)26/h1-2,4,7-11,20-21H,3,5-6,12-16,24H2,(H,25,27)/t20-,21+/m0/s1. The molecule has 4 rings (SSSR count). The number of amides is 1. The van der Waals surface area contributed by atoms with Crippen LogP contribution < -0.4 is 16.0 Å². The van der Waals surface area contributed by atoms with Crippen LogP contribution in [0.2, 0.25) is 0 Å². The van der Waals surface area contributed by atoms with E-state index in [1.54, 1.807) is 0 Å². The molecule has 0 unspecified atom stereocenters. The summed E-state index contributed by atoms with van der Waals surface area (Å²) in [5.74, 6) is 0.478. The van der Waals surface area contributed by atoms with Gasteiger partial charge >= 0.3 is 0 Å². The van der Waals surface area contributed by atoms with Crippen molar-refractivity contribution >= 4 is 11.6 Å². The third-order valence-electron chi connectivity index (χ3n) is 6.03. The van der Waals surface area contributed by atoms with Gasteiger partial charge in [0.1, 0.15) is 0 Å². The summed E-state index contributed by atoms with van der Waals surface area (Å²) in [6.07, 6.45) is 4.99. The van der Waals surface area contributed by atoms with Crippen LogP contribution in [-0.4, -0.2) is 18.5 Å². The number of anilines is 1. The van der Waals surface area contributed by atoms with Gasteiger partial charge in [-0.05, 0) is 47.9 Å². The summed E-state index contributed by atoms with van der Waals surface area (Å²) in [6.45, 7) is 2.61. The van der Waals surface area contributed by atoms with Crippen LogP contribution >= 0.6 is 0 Å². The van der Waals surface area contributed by atoms with Crippen LogP contribution in [-0.2, 0) is 24.3 Å². The first kappa shape index (κ1) is 18.1. The highest BCUT2D eigenvalue weighted by Gasteiger charge is 2.25. The lowest BCUT2D eigenvalue weighted by Crippen LogP contribution is -2.31. The lowest BCUT2D eigenvalue weighted by atomic mass is 10.00. The lowest BCUT2D eigenvalue weighted by Gasteiger charge is -2.19. The fourth-order valence-corrected chi connectivity index (χ4v) is 4.38. The SMILES string of the molecule is N[C@@H]1CCC[C@H]1CC(=O)NCc1ccc(CN2CCc3ccccc32)cc1. The maximum Gasteiger partial charge on any atom is 0.220 e. The second kappa shape index (κ2) is 8.13. The molecule has 142 valence electrons. The first-order valence-corrected chi connectivity index (χ1v) is 10.1. The van der Waals surface area contributed by atoms with Crippen molar-refractivity contribution in [1.29, 1.82) is 0 Å². The van der Waals surface area contributed by atoms with E-state index in [-0.39, 0.29) is 11.9 Å². The predicted molar refractivity (Wildman–Crippen MR) is 109 cm³/mol. The zero-order valence-corrected chi connectivity index (χ0v) is 15.9. The number of nitrogens with zero attached hydrogens (tertiary/aromatic N) is 1.